The molecule has 0 bridgehead atoms. The first kappa shape index (κ1) is 20.0. The average Bonchev–Trinajstić information content (AvgIpc) is 2.92. The van der Waals surface area contributed by atoms with Crippen LogP contribution in [-0.2, 0) is 9.59 Å². The Hall–Kier alpha value is -2.73. The summed E-state index contributed by atoms with van der Waals surface area (Å²) in [5, 5.41) is 0.463. The van der Waals surface area contributed by atoms with Gasteiger partial charge in [0, 0.05) is 19.3 Å². The molecule has 2 aromatic rings. The van der Waals surface area contributed by atoms with Gasteiger partial charge in [-0.25, -0.2) is 0 Å². The number of carbonyl (C=O) groups is 2. The zero-order valence-corrected chi connectivity index (χ0v) is 17.2. The first-order valence-corrected chi connectivity index (χ1v) is 9.82. The molecule has 146 valence electrons. The summed E-state index contributed by atoms with van der Waals surface area (Å²) in [4.78, 5) is 31.2. The summed E-state index contributed by atoms with van der Waals surface area (Å²) in [6.45, 7) is 4.78. The van der Waals surface area contributed by atoms with Crippen molar-refractivity contribution >= 4 is 40.5 Å². The van der Waals surface area contributed by atoms with Gasteiger partial charge in [-0.15, -0.1) is 0 Å². The molecule has 0 N–H and O–H groups in total. The summed E-state index contributed by atoms with van der Waals surface area (Å²) in [7, 11) is 1.73. The van der Waals surface area contributed by atoms with Crippen molar-refractivity contribution in [1.82, 2.24) is 4.90 Å². The fraction of sp³-hybridized carbons (Fsp3) is 0.318. The zero-order valence-electron chi connectivity index (χ0n) is 16.4. The lowest BCUT2D eigenvalue weighted by Crippen LogP contribution is -2.41. The van der Waals surface area contributed by atoms with Crippen LogP contribution in [0.1, 0.15) is 20.3 Å². The minimum Gasteiger partial charge on any atom is -0.336 e. The maximum atomic E-state index is 13.2. The van der Waals surface area contributed by atoms with Crippen LogP contribution in [0.25, 0.3) is 0 Å². The summed E-state index contributed by atoms with van der Waals surface area (Å²) in [6.07, 6.45) is 0.0838. The molecule has 3 rings (SSSR count). The molecule has 0 aromatic heterocycles. The molecule has 6 heteroatoms. The molecule has 2 aromatic carbocycles. The molecular formula is C22H25N3O2S. The number of amides is 2. The van der Waals surface area contributed by atoms with Crippen molar-refractivity contribution in [1.29, 1.82) is 0 Å². The van der Waals surface area contributed by atoms with E-state index < -0.39 is 6.04 Å². The summed E-state index contributed by atoms with van der Waals surface area (Å²) in [5.41, 5.74) is 1.54. The number of carbonyl (C=O) groups excluding carboxylic acids is 2. The molecule has 28 heavy (non-hydrogen) atoms. The van der Waals surface area contributed by atoms with Gasteiger partial charge in [0.25, 0.3) is 5.91 Å². The van der Waals surface area contributed by atoms with Crippen LogP contribution in [0.5, 0.6) is 0 Å². The molecule has 0 spiro atoms. The van der Waals surface area contributed by atoms with Gasteiger partial charge in [0.15, 0.2) is 5.11 Å². The Morgan fingerprint density at radius 1 is 1.07 bits per heavy atom. The van der Waals surface area contributed by atoms with Gasteiger partial charge in [-0.3, -0.25) is 14.5 Å². The van der Waals surface area contributed by atoms with Crippen LogP contribution < -0.4 is 9.80 Å². The van der Waals surface area contributed by atoms with E-state index in [0.717, 1.165) is 11.4 Å². The quantitative estimate of drug-likeness (QED) is 0.700. The smallest absolute Gasteiger partial charge is 0.256 e. The second-order valence-corrected chi connectivity index (χ2v) is 7.71. The Balaban J connectivity index is 1.85. The number of anilines is 2. The monoisotopic (exact) mass is 395 g/mol. The highest BCUT2D eigenvalue weighted by atomic mass is 32.1. The minimum absolute atomic E-state index is 0.0838. The Bertz CT molecular complexity index is 855. The third-order valence-electron chi connectivity index (χ3n) is 4.78. The highest BCUT2D eigenvalue weighted by Gasteiger charge is 2.44. The minimum atomic E-state index is -0.589. The maximum absolute atomic E-state index is 13.2. The molecule has 0 radical (unpaired) electrons. The topological polar surface area (TPSA) is 43.9 Å². The van der Waals surface area contributed by atoms with E-state index in [-0.39, 0.29) is 18.2 Å². The molecule has 1 heterocycles. The number of thiocarbonyl (C=S) groups is 1. The number of para-hydroxylation sites is 2. The fourth-order valence-corrected chi connectivity index (χ4v) is 3.74. The molecule has 1 aliphatic rings. The Morgan fingerprint density at radius 2 is 1.64 bits per heavy atom. The third-order valence-corrected chi connectivity index (χ3v) is 5.20. The number of hydrogen-bond acceptors (Lipinski definition) is 3. The van der Waals surface area contributed by atoms with E-state index in [2.05, 4.69) is 13.8 Å². The van der Waals surface area contributed by atoms with Crippen LogP contribution in [-0.4, -0.2) is 41.5 Å². The van der Waals surface area contributed by atoms with Crippen LogP contribution in [0.4, 0.5) is 11.4 Å². The van der Waals surface area contributed by atoms with E-state index in [1.165, 1.54) is 0 Å². The van der Waals surface area contributed by atoms with Crippen LogP contribution >= 0.6 is 12.2 Å². The van der Waals surface area contributed by atoms with E-state index in [4.69, 9.17) is 12.2 Å². The van der Waals surface area contributed by atoms with E-state index in [0.29, 0.717) is 17.6 Å². The number of nitrogens with zero attached hydrogens (tertiary/aromatic N) is 3. The molecule has 1 saturated heterocycles. The molecule has 1 unspecified atom stereocenters. The molecule has 1 atom stereocenters. The van der Waals surface area contributed by atoms with Gasteiger partial charge in [0.1, 0.15) is 6.04 Å². The highest BCUT2D eigenvalue weighted by Crippen LogP contribution is 2.28. The van der Waals surface area contributed by atoms with Crippen molar-refractivity contribution in [2.45, 2.75) is 26.3 Å². The van der Waals surface area contributed by atoms with Crippen molar-refractivity contribution < 1.29 is 9.59 Å². The standard InChI is InChI=1S/C22H25N3O2S/c1-16(2)15-24-19(14-20(26)23(3)17-10-6-4-7-11-17)21(27)25(22(24)28)18-12-8-5-9-13-18/h4-13,16,19H,14-15H2,1-3H3. The van der Waals surface area contributed by atoms with Crippen LogP contribution in [0, 0.1) is 5.92 Å². The summed E-state index contributed by atoms with van der Waals surface area (Å²) in [5.74, 6) is 0.0496. The van der Waals surface area contributed by atoms with Gasteiger partial charge in [-0.2, -0.15) is 0 Å². The van der Waals surface area contributed by atoms with E-state index >= 15 is 0 Å². The van der Waals surface area contributed by atoms with Crippen molar-refractivity contribution in [3.05, 3.63) is 60.7 Å². The second kappa shape index (κ2) is 8.52. The predicted molar refractivity (Wildman–Crippen MR) is 116 cm³/mol. The van der Waals surface area contributed by atoms with Gasteiger partial charge in [0.05, 0.1) is 12.1 Å². The van der Waals surface area contributed by atoms with Crippen molar-refractivity contribution in [3.8, 4) is 0 Å². The molecule has 2 amide bonds. The lowest BCUT2D eigenvalue weighted by Gasteiger charge is -2.27. The Labute approximate surface area is 171 Å². The molecule has 5 nitrogen and oxygen atoms in total. The largest absolute Gasteiger partial charge is 0.336 e. The zero-order chi connectivity index (χ0) is 20.3. The molecule has 0 saturated carbocycles. The normalized spacial score (nSPS) is 16.8. The number of hydrogen-bond donors (Lipinski definition) is 0. The van der Waals surface area contributed by atoms with Gasteiger partial charge < -0.3 is 9.80 Å². The molecule has 1 fully saturated rings. The van der Waals surface area contributed by atoms with Gasteiger partial charge >= 0.3 is 0 Å². The van der Waals surface area contributed by atoms with E-state index in [1.807, 2.05) is 65.6 Å². The number of rotatable bonds is 6. The fourth-order valence-electron chi connectivity index (χ4n) is 3.35. The predicted octanol–water partition coefficient (Wildman–Crippen LogP) is 3.70. The lowest BCUT2D eigenvalue weighted by molar-refractivity contribution is -0.125. The molecule has 1 aliphatic heterocycles. The van der Waals surface area contributed by atoms with E-state index in [9.17, 15) is 9.59 Å². The first-order chi connectivity index (χ1) is 13.4. The van der Waals surface area contributed by atoms with Crippen LogP contribution in [0.15, 0.2) is 60.7 Å². The summed E-state index contributed by atoms with van der Waals surface area (Å²) < 4.78 is 0. The van der Waals surface area contributed by atoms with Gasteiger partial charge in [-0.05, 0) is 42.4 Å². The second-order valence-electron chi connectivity index (χ2n) is 7.35. The SMILES string of the molecule is CC(C)CN1C(=S)N(c2ccccc2)C(=O)C1CC(=O)N(C)c1ccccc1. The average molecular weight is 396 g/mol. The van der Waals surface area contributed by atoms with Crippen LogP contribution in [0.3, 0.4) is 0 Å². The van der Waals surface area contributed by atoms with Crippen molar-refractivity contribution in [2.75, 3.05) is 23.4 Å². The van der Waals surface area contributed by atoms with Gasteiger partial charge in [0.2, 0.25) is 5.91 Å². The summed E-state index contributed by atoms with van der Waals surface area (Å²) >= 11 is 5.63. The molecule has 0 aliphatic carbocycles. The Morgan fingerprint density at radius 3 is 2.21 bits per heavy atom. The Kier molecular flexibility index (Phi) is 6.09. The summed E-state index contributed by atoms with van der Waals surface area (Å²) in [6, 6.07) is 18.2. The maximum Gasteiger partial charge on any atom is 0.256 e. The van der Waals surface area contributed by atoms with Gasteiger partial charge in [-0.1, -0.05) is 50.2 Å². The number of benzene rings is 2. The van der Waals surface area contributed by atoms with Crippen LogP contribution in [0.2, 0.25) is 0 Å². The third kappa shape index (κ3) is 4.07. The highest BCUT2D eigenvalue weighted by molar-refractivity contribution is 7.80. The molecular weight excluding hydrogens is 370 g/mol. The lowest BCUT2D eigenvalue weighted by atomic mass is 10.1. The first-order valence-electron chi connectivity index (χ1n) is 9.41. The van der Waals surface area contributed by atoms with Crippen molar-refractivity contribution in [2.24, 2.45) is 5.92 Å². The van der Waals surface area contributed by atoms with E-state index in [1.54, 1.807) is 16.8 Å². The van der Waals surface area contributed by atoms with Crippen molar-refractivity contribution in [3.63, 3.8) is 0 Å².